The van der Waals surface area contributed by atoms with Crippen LogP contribution in [0.15, 0.2) is 53.7 Å². The van der Waals surface area contributed by atoms with Gasteiger partial charge in [0, 0.05) is 18.0 Å². The van der Waals surface area contributed by atoms with Crippen molar-refractivity contribution in [2.75, 3.05) is 7.11 Å². The number of fused-ring (bicyclic) bond motifs is 1. The zero-order valence-corrected chi connectivity index (χ0v) is 12.6. The van der Waals surface area contributed by atoms with Gasteiger partial charge in [0.15, 0.2) is 0 Å². The Morgan fingerprint density at radius 3 is 2.68 bits per heavy atom. The predicted octanol–water partition coefficient (Wildman–Crippen LogP) is 2.89. The molecule has 1 N–H and O–H groups in total. The topological polar surface area (TPSA) is 55.4 Å². The van der Waals surface area contributed by atoms with Crippen LogP contribution < -0.4 is 5.32 Å². The highest BCUT2D eigenvalue weighted by molar-refractivity contribution is 5.98. The van der Waals surface area contributed by atoms with Crippen molar-refractivity contribution in [3.05, 3.63) is 59.3 Å². The first kappa shape index (κ1) is 14.3. The van der Waals surface area contributed by atoms with Crippen LogP contribution in [0.5, 0.6) is 0 Å². The predicted molar refractivity (Wildman–Crippen MR) is 84.2 cm³/mol. The molecule has 0 aliphatic carbocycles. The lowest BCUT2D eigenvalue weighted by Gasteiger charge is -2.27. The minimum Gasteiger partial charge on any atom is -0.466 e. The Labute approximate surface area is 128 Å². The fourth-order valence-corrected chi connectivity index (χ4v) is 3.10. The zero-order chi connectivity index (χ0) is 15.7. The first-order chi connectivity index (χ1) is 10.6. The number of esters is 1. The van der Waals surface area contributed by atoms with Crippen LogP contribution in [0.2, 0.25) is 0 Å². The van der Waals surface area contributed by atoms with E-state index < -0.39 is 5.97 Å². The normalized spacial score (nSPS) is 18.3. The minimum absolute atomic E-state index is 0.0805. The van der Waals surface area contributed by atoms with Gasteiger partial charge in [-0.2, -0.15) is 0 Å². The molecular formula is C18H17NO3. The molecule has 22 heavy (non-hydrogen) atoms. The highest BCUT2D eigenvalue weighted by Gasteiger charge is 2.33. The Morgan fingerprint density at radius 2 is 1.91 bits per heavy atom. The Kier molecular flexibility index (Phi) is 3.67. The molecule has 1 atom stereocenters. The summed E-state index contributed by atoms with van der Waals surface area (Å²) in [5.74, 6) is -0.758. The maximum Gasteiger partial charge on any atom is 0.336 e. The van der Waals surface area contributed by atoms with Gasteiger partial charge in [0.2, 0.25) is 5.91 Å². The van der Waals surface area contributed by atoms with Crippen LogP contribution in [0.3, 0.4) is 0 Å². The highest BCUT2D eigenvalue weighted by atomic mass is 16.5. The van der Waals surface area contributed by atoms with Crippen LogP contribution in [0.25, 0.3) is 10.8 Å². The number of rotatable bonds is 2. The van der Waals surface area contributed by atoms with E-state index in [1.54, 1.807) is 6.92 Å². The van der Waals surface area contributed by atoms with Gasteiger partial charge in [0.25, 0.3) is 0 Å². The SMILES string of the molecule is COC(=O)C1=C(C)NC(=O)C[C@H]1c1cccc2ccccc12. The standard InChI is InChI=1S/C18H17NO3/c1-11-17(18(21)22-2)15(10-16(20)19-11)14-9-5-7-12-6-3-4-8-13(12)14/h3-9,15H,10H2,1-2H3,(H,19,20)/t15-/m0/s1. The van der Waals surface area contributed by atoms with E-state index in [1.165, 1.54) is 7.11 Å². The fourth-order valence-electron chi connectivity index (χ4n) is 3.10. The molecule has 0 radical (unpaired) electrons. The van der Waals surface area contributed by atoms with E-state index in [9.17, 15) is 9.59 Å². The lowest BCUT2D eigenvalue weighted by atomic mass is 9.82. The Bertz CT molecular complexity index is 787. The minimum atomic E-state index is -0.393. The second-order valence-electron chi connectivity index (χ2n) is 5.40. The third-order valence-corrected chi connectivity index (χ3v) is 4.07. The summed E-state index contributed by atoms with van der Waals surface area (Å²) < 4.78 is 4.91. The molecule has 2 aromatic rings. The summed E-state index contributed by atoms with van der Waals surface area (Å²) in [4.78, 5) is 24.1. The highest BCUT2D eigenvalue weighted by Crippen LogP contribution is 2.36. The van der Waals surface area contributed by atoms with Crippen LogP contribution in [-0.2, 0) is 14.3 Å². The number of carbonyl (C=O) groups excluding carboxylic acids is 2. The number of amides is 1. The fraction of sp³-hybridized carbons (Fsp3) is 0.222. The lowest BCUT2D eigenvalue weighted by molar-refractivity contribution is -0.136. The molecule has 4 nitrogen and oxygen atoms in total. The molecule has 112 valence electrons. The van der Waals surface area contributed by atoms with Gasteiger partial charge < -0.3 is 10.1 Å². The summed E-state index contributed by atoms with van der Waals surface area (Å²) in [5.41, 5.74) is 2.08. The average Bonchev–Trinajstić information content (AvgIpc) is 2.53. The van der Waals surface area contributed by atoms with Crippen molar-refractivity contribution in [2.24, 2.45) is 0 Å². The molecule has 0 saturated heterocycles. The molecule has 0 aromatic heterocycles. The average molecular weight is 295 g/mol. The lowest BCUT2D eigenvalue weighted by Crippen LogP contribution is -2.34. The van der Waals surface area contributed by atoms with Crippen molar-refractivity contribution in [3.63, 3.8) is 0 Å². The van der Waals surface area contributed by atoms with Crippen LogP contribution in [0.1, 0.15) is 24.8 Å². The zero-order valence-electron chi connectivity index (χ0n) is 12.6. The monoisotopic (exact) mass is 295 g/mol. The number of ether oxygens (including phenoxy) is 1. The molecule has 3 rings (SSSR count). The van der Waals surface area contributed by atoms with Crippen molar-refractivity contribution >= 4 is 22.6 Å². The molecule has 4 heteroatoms. The first-order valence-corrected chi connectivity index (χ1v) is 7.18. The van der Waals surface area contributed by atoms with Gasteiger partial charge in [-0.25, -0.2) is 4.79 Å². The van der Waals surface area contributed by atoms with Crippen molar-refractivity contribution in [1.82, 2.24) is 5.32 Å². The van der Waals surface area contributed by atoms with Gasteiger partial charge in [0.1, 0.15) is 0 Å². The summed E-state index contributed by atoms with van der Waals surface area (Å²) in [6.45, 7) is 1.74. The van der Waals surface area contributed by atoms with Gasteiger partial charge in [0.05, 0.1) is 12.7 Å². The van der Waals surface area contributed by atoms with Crippen LogP contribution >= 0.6 is 0 Å². The summed E-state index contributed by atoms with van der Waals surface area (Å²) in [6, 6.07) is 13.9. The molecule has 1 amide bonds. The largest absolute Gasteiger partial charge is 0.466 e. The number of carbonyl (C=O) groups is 2. The molecule has 0 unspecified atom stereocenters. The van der Waals surface area contributed by atoms with Crippen molar-refractivity contribution in [2.45, 2.75) is 19.3 Å². The van der Waals surface area contributed by atoms with Gasteiger partial charge in [-0.05, 0) is 23.3 Å². The van der Waals surface area contributed by atoms with Crippen LogP contribution in [0, 0.1) is 0 Å². The number of benzene rings is 2. The smallest absolute Gasteiger partial charge is 0.336 e. The molecule has 0 spiro atoms. The van der Waals surface area contributed by atoms with Crippen molar-refractivity contribution in [3.8, 4) is 0 Å². The van der Waals surface area contributed by atoms with E-state index in [0.29, 0.717) is 11.3 Å². The summed E-state index contributed by atoms with van der Waals surface area (Å²) in [5, 5.41) is 4.88. The van der Waals surface area contributed by atoms with Crippen LogP contribution in [0.4, 0.5) is 0 Å². The number of allylic oxidation sites excluding steroid dienone is 1. The van der Waals surface area contributed by atoms with Gasteiger partial charge >= 0.3 is 5.97 Å². The second kappa shape index (κ2) is 5.64. The molecule has 1 aliphatic heterocycles. The van der Waals surface area contributed by atoms with Crippen LogP contribution in [-0.4, -0.2) is 19.0 Å². The number of nitrogens with one attached hydrogen (secondary N) is 1. The van der Waals surface area contributed by atoms with Gasteiger partial charge in [-0.1, -0.05) is 42.5 Å². The summed E-state index contributed by atoms with van der Waals surface area (Å²) in [6.07, 6.45) is 0.246. The van der Waals surface area contributed by atoms with Gasteiger partial charge in [-0.15, -0.1) is 0 Å². The third-order valence-electron chi connectivity index (χ3n) is 4.07. The molecule has 1 aliphatic rings. The molecule has 0 bridgehead atoms. The van der Waals surface area contributed by atoms with Gasteiger partial charge in [-0.3, -0.25) is 4.79 Å². The quantitative estimate of drug-likeness (QED) is 0.867. The molecule has 0 fully saturated rings. The van der Waals surface area contributed by atoms with E-state index in [2.05, 4.69) is 5.32 Å². The second-order valence-corrected chi connectivity index (χ2v) is 5.40. The van der Waals surface area contributed by atoms with Crippen molar-refractivity contribution < 1.29 is 14.3 Å². The molecule has 0 saturated carbocycles. The van der Waals surface area contributed by atoms with Crippen molar-refractivity contribution in [1.29, 1.82) is 0 Å². The van der Waals surface area contributed by atoms with E-state index in [1.807, 2.05) is 42.5 Å². The Morgan fingerprint density at radius 1 is 1.18 bits per heavy atom. The van der Waals surface area contributed by atoms with E-state index >= 15 is 0 Å². The third kappa shape index (κ3) is 2.37. The molecule has 2 aromatic carbocycles. The first-order valence-electron chi connectivity index (χ1n) is 7.18. The Balaban J connectivity index is 2.21. The van der Waals surface area contributed by atoms with E-state index in [4.69, 9.17) is 4.74 Å². The maximum atomic E-state index is 12.2. The van der Waals surface area contributed by atoms with E-state index in [-0.39, 0.29) is 18.2 Å². The molecular weight excluding hydrogens is 278 g/mol. The summed E-state index contributed by atoms with van der Waals surface area (Å²) in [7, 11) is 1.36. The number of methoxy groups -OCH3 is 1. The summed E-state index contributed by atoms with van der Waals surface area (Å²) >= 11 is 0. The maximum absolute atomic E-state index is 12.2. The Hall–Kier alpha value is -2.62. The molecule has 1 heterocycles. The van der Waals surface area contributed by atoms with E-state index in [0.717, 1.165) is 16.3 Å². The number of hydrogen-bond acceptors (Lipinski definition) is 3. The number of hydrogen-bond donors (Lipinski definition) is 1.